The molecular weight excluding hydrogens is 323 g/mol. The number of rotatable bonds is 6. The van der Waals surface area contributed by atoms with E-state index >= 15 is 0 Å². The van der Waals surface area contributed by atoms with E-state index in [1.54, 1.807) is 18.2 Å². The molecule has 1 aromatic rings. The third kappa shape index (κ3) is 5.50. The number of hydrogen-bond acceptors (Lipinski definition) is 2. The van der Waals surface area contributed by atoms with E-state index in [2.05, 4.69) is 21.2 Å². The first-order valence-electron chi connectivity index (χ1n) is 6.11. The van der Waals surface area contributed by atoms with Crippen molar-refractivity contribution in [1.29, 1.82) is 0 Å². The van der Waals surface area contributed by atoms with Crippen molar-refractivity contribution in [3.63, 3.8) is 0 Å². The molecule has 1 N–H and O–H groups in total. The number of benzene rings is 1. The number of alkyl halides is 3. The average molecular weight is 338 g/mol. The molecule has 1 unspecified atom stereocenters. The van der Waals surface area contributed by atoms with E-state index in [-0.39, 0.29) is 0 Å². The molecule has 1 aromatic carbocycles. The van der Waals surface area contributed by atoms with Crippen molar-refractivity contribution in [1.82, 2.24) is 5.32 Å². The SMILES string of the molecule is FC(F)(F)COC(CNC1CC1)c1cccc(Br)c1. The highest BCUT2D eigenvalue weighted by Gasteiger charge is 2.30. The van der Waals surface area contributed by atoms with E-state index < -0.39 is 18.9 Å². The molecule has 2 rings (SSSR count). The van der Waals surface area contributed by atoms with Crippen LogP contribution in [-0.4, -0.2) is 25.4 Å². The maximum Gasteiger partial charge on any atom is 0.411 e. The number of halogens is 4. The van der Waals surface area contributed by atoms with E-state index in [4.69, 9.17) is 4.74 Å². The lowest BCUT2D eigenvalue weighted by atomic mass is 10.1. The summed E-state index contributed by atoms with van der Waals surface area (Å²) in [7, 11) is 0. The molecule has 0 aromatic heterocycles. The van der Waals surface area contributed by atoms with Crippen molar-refractivity contribution in [2.24, 2.45) is 0 Å². The van der Waals surface area contributed by atoms with Gasteiger partial charge in [0.2, 0.25) is 0 Å². The van der Waals surface area contributed by atoms with Gasteiger partial charge in [-0.05, 0) is 30.5 Å². The number of nitrogens with one attached hydrogen (secondary N) is 1. The molecule has 19 heavy (non-hydrogen) atoms. The van der Waals surface area contributed by atoms with Gasteiger partial charge in [0.1, 0.15) is 6.61 Å². The summed E-state index contributed by atoms with van der Waals surface area (Å²) < 4.78 is 42.7. The van der Waals surface area contributed by atoms with E-state index in [1.165, 1.54) is 0 Å². The quantitative estimate of drug-likeness (QED) is 0.851. The third-order valence-electron chi connectivity index (χ3n) is 2.84. The van der Waals surface area contributed by atoms with Gasteiger partial charge in [0.05, 0.1) is 6.10 Å². The zero-order chi connectivity index (χ0) is 13.9. The largest absolute Gasteiger partial charge is 0.411 e. The second-order valence-corrected chi connectivity index (χ2v) is 5.57. The van der Waals surface area contributed by atoms with Crippen LogP contribution in [0.3, 0.4) is 0 Å². The molecule has 1 aliphatic carbocycles. The van der Waals surface area contributed by atoms with Crippen LogP contribution in [0.1, 0.15) is 24.5 Å². The molecule has 6 heteroatoms. The molecule has 1 aliphatic rings. The van der Waals surface area contributed by atoms with Crippen molar-refractivity contribution in [2.45, 2.75) is 31.2 Å². The molecule has 106 valence electrons. The predicted molar refractivity (Wildman–Crippen MR) is 69.9 cm³/mol. The smallest absolute Gasteiger partial charge is 0.363 e. The van der Waals surface area contributed by atoms with Crippen molar-refractivity contribution in [3.05, 3.63) is 34.3 Å². The van der Waals surface area contributed by atoms with E-state index in [1.807, 2.05) is 6.07 Å². The Kier molecular flexibility index (Phi) is 4.86. The van der Waals surface area contributed by atoms with Crippen LogP contribution in [0.2, 0.25) is 0 Å². The molecule has 0 heterocycles. The molecule has 0 amide bonds. The molecular formula is C13H15BrF3NO. The van der Waals surface area contributed by atoms with Gasteiger partial charge in [0, 0.05) is 17.1 Å². The Labute approximate surface area is 118 Å². The summed E-state index contributed by atoms with van der Waals surface area (Å²) in [5, 5.41) is 3.20. The molecule has 0 spiro atoms. The maximum atomic E-state index is 12.3. The lowest BCUT2D eigenvalue weighted by Gasteiger charge is -2.20. The molecule has 0 saturated heterocycles. The minimum absolute atomic E-state index is 0.400. The predicted octanol–water partition coefficient (Wildman–Crippen LogP) is 3.82. The van der Waals surface area contributed by atoms with Gasteiger partial charge in [0.25, 0.3) is 0 Å². The van der Waals surface area contributed by atoms with E-state index in [9.17, 15) is 13.2 Å². The number of ether oxygens (including phenoxy) is 1. The summed E-state index contributed by atoms with van der Waals surface area (Å²) >= 11 is 3.32. The summed E-state index contributed by atoms with van der Waals surface area (Å²) in [5.74, 6) is 0. The molecule has 0 radical (unpaired) electrons. The van der Waals surface area contributed by atoms with Crippen molar-refractivity contribution >= 4 is 15.9 Å². The lowest BCUT2D eigenvalue weighted by Crippen LogP contribution is -2.28. The zero-order valence-electron chi connectivity index (χ0n) is 10.2. The summed E-state index contributed by atoms with van der Waals surface area (Å²) in [6.07, 6.45) is -2.71. The van der Waals surface area contributed by atoms with Crippen LogP contribution in [0.4, 0.5) is 13.2 Å². The first kappa shape index (κ1) is 14.8. The minimum atomic E-state index is -4.30. The maximum absolute atomic E-state index is 12.3. The number of hydrogen-bond donors (Lipinski definition) is 1. The highest BCUT2D eigenvalue weighted by atomic mass is 79.9. The Morgan fingerprint density at radius 1 is 1.37 bits per heavy atom. The second kappa shape index (κ2) is 6.24. The fraction of sp³-hybridized carbons (Fsp3) is 0.538. The van der Waals surface area contributed by atoms with Gasteiger partial charge in [-0.1, -0.05) is 28.1 Å². The molecule has 1 atom stereocenters. The first-order valence-corrected chi connectivity index (χ1v) is 6.90. The van der Waals surface area contributed by atoms with Gasteiger partial charge in [0.15, 0.2) is 0 Å². The van der Waals surface area contributed by atoms with Crippen molar-refractivity contribution in [2.75, 3.05) is 13.2 Å². The van der Waals surface area contributed by atoms with Gasteiger partial charge >= 0.3 is 6.18 Å². The monoisotopic (exact) mass is 337 g/mol. The zero-order valence-corrected chi connectivity index (χ0v) is 11.8. The van der Waals surface area contributed by atoms with E-state index in [0.29, 0.717) is 12.6 Å². The highest BCUT2D eigenvalue weighted by Crippen LogP contribution is 2.26. The van der Waals surface area contributed by atoms with Crippen LogP contribution < -0.4 is 5.32 Å². The molecule has 2 nitrogen and oxygen atoms in total. The van der Waals surface area contributed by atoms with Gasteiger partial charge in [-0.25, -0.2) is 0 Å². The second-order valence-electron chi connectivity index (χ2n) is 4.65. The summed E-state index contributed by atoms with van der Waals surface area (Å²) in [4.78, 5) is 0. The summed E-state index contributed by atoms with van der Waals surface area (Å²) in [6, 6.07) is 7.62. The van der Waals surface area contributed by atoms with Crippen molar-refractivity contribution in [3.8, 4) is 0 Å². The molecule has 0 bridgehead atoms. The van der Waals surface area contributed by atoms with Gasteiger partial charge in [-0.15, -0.1) is 0 Å². The van der Waals surface area contributed by atoms with Crippen LogP contribution in [-0.2, 0) is 4.74 Å². The topological polar surface area (TPSA) is 21.3 Å². The fourth-order valence-corrected chi connectivity index (χ4v) is 2.15. The van der Waals surface area contributed by atoms with Crippen molar-refractivity contribution < 1.29 is 17.9 Å². The third-order valence-corrected chi connectivity index (χ3v) is 3.33. The van der Waals surface area contributed by atoms with Crippen LogP contribution in [0.5, 0.6) is 0 Å². The highest BCUT2D eigenvalue weighted by molar-refractivity contribution is 9.10. The summed E-state index contributed by atoms with van der Waals surface area (Å²) in [6.45, 7) is -0.826. The average Bonchev–Trinajstić information content (AvgIpc) is 3.11. The standard InChI is InChI=1S/C13H15BrF3NO/c14-10-3-1-2-9(6-10)12(7-18-11-4-5-11)19-8-13(15,16)17/h1-3,6,11-12,18H,4-5,7-8H2. The molecule has 1 fully saturated rings. The molecule has 1 saturated carbocycles. The fourth-order valence-electron chi connectivity index (χ4n) is 1.74. The van der Waals surface area contributed by atoms with Gasteiger partial charge < -0.3 is 10.1 Å². The van der Waals surface area contributed by atoms with E-state index in [0.717, 1.165) is 22.9 Å². The molecule has 0 aliphatic heterocycles. The Bertz CT molecular complexity index is 421. The van der Waals surface area contributed by atoms with Gasteiger partial charge in [-0.2, -0.15) is 13.2 Å². The van der Waals surface area contributed by atoms with Crippen LogP contribution in [0.15, 0.2) is 28.7 Å². The summed E-state index contributed by atoms with van der Waals surface area (Å²) in [5.41, 5.74) is 0.742. The minimum Gasteiger partial charge on any atom is -0.363 e. The first-order chi connectivity index (χ1) is 8.94. The Balaban J connectivity index is 1.99. The Morgan fingerprint density at radius 2 is 2.11 bits per heavy atom. The lowest BCUT2D eigenvalue weighted by molar-refractivity contribution is -0.185. The Hall–Kier alpha value is -0.590. The van der Waals surface area contributed by atoms with Crippen LogP contribution >= 0.6 is 15.9 Å². The van der Waals surface area contributed by atoms with Crippen LogP contribution in [0.25, 0.3) is 0 Å². The van der Waals surface area contributed by atoms with Gasteiger partial charge in [-0.3, -0.25) is 0 Å². The van der Waals surface area contributed by atoms with Crippen LogP contribution in [0, 0.1) is 0 Å². The Morgan fingerprint density at radius 3 is 2.68 bits per heavy atom. The normalized spacial score (nSPS) is 17.5.